The second-order valence-electron chi connectivity index (χ2n) is 3.43. The summed E-state index contributed by atoms with van der Waals surface area (Å²) in [6, 6.07) is 5.65. The molecular formula is C12H12ClNO2. The van der Waals surface area contributed by atoms with Crippen molar-refractivity contribution in [3.05, 3.63) is 28.9 Å². The number of nitrogens with zero attached hydrogens (tertiary/aromatic N) is 1. The minimum Gasteiger partial charge on any atom is -0.497 e. The van der Waals surface area contributed by atoms with Gasteiger partial charge in [0.05, 0.1) is 24.9 Å². The Hall–Kier alpha value is -1.48. The van der Waals surface area contributed by atoms with Crippen LogP contribution in [0.1, 0.15) is 5.69 Å². The first kappa shape index (κ1) is 11.0. The van der Waals surface area contributed by atoms with Gasteiger partial charge in [-0.15, -0.1) is 0 Å². The van der Waals surface area contributed by atoms with E-state index < -0.39 is 0 Å². The maximum atomic E-state index is 6.19. The molecule has 0 aliphatic carbocycles. The van der Waals surface area contributed by atoms with Gasteiger partial charge in [-0.3, -0.25) is 0 Å². The fourth-order valence-electron chi connectivity index (χ4n) is 1.63. The van der Waals surface area contributed by atoms with E-state index >= 15 is 0 Å². The maximum absolute atomic E-state index is 6.19. The van der Waals surface area contributed by atoms with E-state index in [4.69, 9.17) is 21.1 Å². The lowest BCUT2D eigenvalue weighted by Gasteiger charge is -2.09. The van der Waals surface area contributed by atoms with E-state index in [9.17, 15) is 0 Å². The van der Waals surface area contributed by atoms with Crippen LogP contribution in [0.25, 0.3) is 10.8 Å². The number of aryl methyl sites for hydroxylation is 1. The van der Waals surface area contributed by atoms with Crippen LogP contribution in [0.5, 0.6) is 11.6 Å². The molecule has 1 aromatic heterocycles. The van der Waals surface area contributed by atoms with Crippen molar-refractivity contribution in [2.75, 3.05) is 14.2 Å². The highest BCUT2D eigenvalue weighted by molar-refractivity contribution is 6.36. The van der Waals surface area contributed by atoms with Crippen LogP contribution in [-0.2, 0) is 0 Å². The van der Waals surface area contributed by atoms with Gasteiger partial charge in [0.15, 0.2) is 0 Å². The minimum atomic E-state index is 0.566. The van der Waals surface area contributed by atoms with E-state index in [1.54, 1.807) is 14.2 Å². The van der Waals surface area contributed by atoms with Gasteiger partial charge in [0.25, 0.3) is 0 Å². The van der Waals surface area contributed by atoms with Crippen molar-refractivity contribution in [3.8, 4) is 11.6 Å². The van der Waals surface area contributed by atoms with Crippen molar-refractivity contribution < 1.29 is 9.47 Å². The van der Waals surface area contributed by atoms with Crippen LogP contribution in [0, 0.1) is 6.92 Å². The van der Waals surface area contributed by atoms with Gasteiger partial charge in [-0.25, -0.2) is 4.98 Å². The number of pyridine rings is 1. The summed E-state index contributed by atoms with van der Waals surface area (Å²) >= 11 is 6.19. The van der Waals surface area contributed by atoms with Crippen LogP contribution in [0.15, 0.2) is 18.2 Å². The predicted octanol–water partition coefficient (Wildman–Crippen LogP) is 3.21. The monoisotopic (exact) mass is 237 g/mol. The molecule has 84 valence electrons. The Morgan fingerprint density at radius 1 is 1.12 bits per heavy atom. The quantitative estimate of drug-likeness (QED) is 0.804. The largest absolute Gasteiger partial charge is 0.497 e. The first-order chi connectivity index (χ1) is 7.67. The minimum absolute atomic E-state index is 0.566. The molecule has 0 spiro atoms. The molecule has 0 amide bonds. The van der Waals surface area contributed by atoms with Crippen molar-refractivity contribution in [1.82, 2.24) is 4.98 Å². The predicted molar refractivity (Wildman–Crippen MR) is 64.6 cm³/mol. The van der Waals surface area contributed by atoms with Gasteiger partial charge in [-0.2, -0.15) is 0 Å². The van der Waals surface area contributed by atoms with E-state index in [0.717, 1.165) is 22.2 Å². The molecule has 0 atom stereocenters. The third-order valence-electron chi connectivity index (χ3n) is 2.47. The zero-order valence-corrected chi connectivity index (χ0v) is 10.1. The average Bonchev–Trinajstić information content (AvgIpc) is 2.33. The molecule has 1 aromatic carbocycles. The highest BCUT2D eigenvalue weighted by Crippen LogP contribution is 2.33. The Morgan fingerprint density at radius 2 is 1.88 bits per heavy atom. The van der Waals surface area contributed by atoms with Crippen molar-refractivity contribution in [1.29, 1.82) is 0 Å². The molecule has 1 heterocycles. The molecule has 0 radical (unpaired) electrons. The summed E-state index contributed by atoms with van der Waals surface area (Å²) in [6.07, 6.45) is 0. The van der Waals surface area contributed by atoms with Gasteiger partial charge in [0.1, 0.15) is 5.75 Å². The normalized spacial score (nSPS) is 10.5. The summed E-state index contributed by atoms with van der Waals surface area (Å²) in [5, 5.41) is 2.43. The van der Waals surface area contributed by atoms with Crippen molar-refractivity contribution in [3.63, 3.8) is 0 Å². The van der Waals surface area contributed by atoms with Crippen LogP contribution in [-0.4, -0.2) is 19.2 Å². The molecule has 0 saturated carbocycles. The number of hydrogen-bond donors (Lipinski definition) is 0. The van der Waals surface area contributed by atoms with Crippen LogP contribution in [0.2, 0.25) is 5.02 Å². The lowest BCUT2D eigenvalue weighted by atomic mass is 10.1. The number of fused-ring (bicyclic) bond motifs is 1. The summed E-state index contributed by atoms with van der Waals surface area (Å²) < 4.78 is 10.4. The summed E-state index contributed by atoms with van der Waals surface area (Å²) in [7, 11) is 3.21. The fraction of sp³-hybridized carbons (Fsp3) is 0.250. The van der Waals surface area contributed by atoms with Crippen molar-refractivity contribution in [2.24, 2.45) is 0 Å². The molecule has 0 aliphatic rings. The van der Waals surface area contributed by atoms with E-state index in [1.807, 2.05) is 25.1 Å². The number of ether oxygens (including phenoxy) is 2. The Morgan fingerprint density at radius 3 is 2.50 bits per heavy atom. The van der Waals surface area contributed by atoms with Gasteiger partial charge < -0.3 is 9.47 Å². The second kappa shape index (κ2) is 4.18. The molecule has 0 fully saturated rings. The SMILES string of the molecule is COc1ccc2c(Cl)c(C)nc(OC)c2c1. The number of benzene rings is 1. The summed E-state index contributed by atoms with van der Waals surface area (Å²) in [4.78, 5) is 4.29. The van der Waals surface area contributed by atoms with Gasteiger partial charge in [-0.1, -0.05) is 11.6 Å². The van der Waals surface area contributed by atoms with E-state index in [2.05, 4.69) is 4.98 Å². The van der Waals surface area contributed by atoms with Crippen molar-refractivity contribution >= 4 is 22.4 Å². The van der Waals surface area contributed by atoms with Crippen LogP contribution in [0.3, 0.4) is 0 Å². The van der Waals surface area contributed by atoms with Gasteiger partial charge >= 0.3 is 0 Å². The number of rotatable bonds is 2. The molecule has 0 N–H and O–H groups in total. The van der Waals surface area contributed by atoms with Gasteiger partial charge in [0, 0.05) is 10.8 Å². The lowest BCUT2D eigenvalue weighted by molar-refractivity contribution is 0.400. The fourth-order valence-corrected chi connectivity index (χ4v) is 1.84. The highest BCUT2D eigenvalue weighted by Gasteiger charge is 2.10. The summed E-state index contributed by atoms with van der Waals surface area (Å²) in [5.74, 6) is 1.32. The molecule has 0 aliphatic heterocycles. The molecule has 2 rings (SSSR count). The standard InChI is InChI=1S/C12H12ClNO2/c1-7-11(13)9-5-4-8(15-2)6-10(9)12(14-7)16-3/h4-6H,1-3H3. The molecule has 0 unspecified atom stereocenters. The lowest BCUT2D eigenvalue weighted by Crippen LogP contribution is -1.94. The Balaban J connectivity index is 2.82. The summed E-state index contributed by atoms with van der Waals surface area (Å²) in [5.41, 5.74) is 0.760. The van der Waals surface area contributed by atoms with Crippen molar-refractivity contribution in [2.45, 2.75) is 6.92 Å². The van der Waals surface area contributed by atoms with E-state index in [0.29, 0.717) is 10.9 Å². The molecule has 16 heavy (non-hydrogen) atoms. The second-order valence-corrected chi connectivity index (χ2v) is 3.81. The molecular weight excluding hydrogens is 226 g/mol. The van der Waals surface area contributed by atoms with Crippen LogP contribution >= 0.6 is 11.6 Å². The molecule has 2 aromatic rings. The molecule has 0 saturated heterocycles. The first-order valence-corrected chi connectivity index (χ1v) is 5.23. The summed E-state index contributed by atoms with van der Waals surface area (Å²) in [6.45, 7) is 1.86. The van der Waals surface area contributed by atoms with Gasteiger partial charge in [0.2, 0.25) is 5.88 Å². The number of halogens is 1. The third-order valence-corrected chi connectivity index (χ3v) is 2.95. The highest BCUT2D eigenvalue weighted by atomic mass is 35.5. The van der Waals surface area contributed by atoms with Crippen LogP contribution < -0.4 is 9.47 Å². The topological polar surface area (TPSA) is 31.4 Å². The zero-order valence-electron chi connectivity index (χ0n) is 9.37. The maximum Gasteiger partial charge on any atom is 0.221 e. The van der Waals surface area contributed by atoms with Gasteiger partial charge in [-0.05, 0) is 25.1 Å². The number of aromatic nitrogens is 1. The van der Waals surface area contributed by atoms with Crippen LogP contribution in [0.4, 0.5) is 0 Å². The van der Waals surface area contributed by atoms with E-state index in [1.165, 1.54) is 0 Å². The molecule has 0 bridgehead atoms. The zero-order chi connectivity index (χ0) is 11.7. The molecule has 4 heteroatoms. The third kappa shape index (κ3) is 1.67. The Bertz CT molecular complexity index is 540. The number of hydrogen-bond acceptors (Lipinski definition) is 3. The average molecular weight is 238 g/mol. The smallest absolute Gasteiger partial charge is 0.221 e. The molecule has 3 nitrogen and oxygen atoms in total. The number of methoxy groups -OCH3 is 2. The van der Waals surface area contributed by atoms with E-state index in [-0.39, 0.29) is 0 Å². The Kier molecular flexibility index (Phi) is 2.88. The Labute approximate surface area is 99.0 Å². The first-order valence-electron chi connectivity index (χ1n) is 4.85.